The van der Waals surface area contributed by atoms with Gasteiger partial charge in [0.2, 0.25) is 0 Å². The maximum absolute atomic E-state index is 11.8. The number of hydrogen-bond acceptors (Lipinski definition) is 3. The van der Waals surface area contributed by atoms with Gasteiger partial charge in [-0.1, -0.05) is 25.5 Å². The van der Waals surface area contributed by atoms with Crippen LogP contribution in [0.1, 0.15) is 44.2 Å². The van der Waals surface area contributed by atoms with Gasteiger partial charge in [-0.05, 0) is 48.8 Å². The van der Waals surface area contributed by atoms with Gasteiger partial charge in [-0.15, -0.1) is 0 Å². The summed E-state index contributed by atoms with van der Waals surface area (Å²) in [4.78, 5) is 14.0. The van der Waals surface area contributed by atoms with Crippen LogP contribution in [0.5, 0.6) is 5.75 Å². The monoisotopic (exact) mass is 289 g/mol. The zero-order chi connectivity index (χ0) is 15.0. The Bertz CT molecular complexity index is 513. The number of hydrogen-bond donors (Lipinski definition) is 2. The number of fused-ring (bicyclic) bond motifs is 1. The van der Waals surface area contributed by atoms with Crippen molar-refractivity contribution < 1.29 is 15.0 Å². The van der Waals surface area contributed by atoms with Crippen molar-refractivity contribution in [3.05, 3.63) is 29.8 Å². The first kappa shape index (κ1) is 14.4. The molecule has 1 aliphatic heterocycles. The predicted molar refractivity (Wildman–Crippen MR) is 80.1 cm³/mol. The van der Waals surface area contributed by atoms with Gasteiger partial charge >= 0.3 is 5.97 Å². The van der Waals surface area contributed by atoms with Crippen molar-refractivity contribution >= 4 is 5.97 Å². The highest BCUT2D eigenvalue weighted by atomic mass is 16.4. The molecule has 3 rings (SSSR count). The van der Waals surface area contributed by atoms with Crippen LogP contribution in [0.15, 0.2) is 24.3 Å². The summed E-state index contributed by atoms with van der Waals surface area (Å²) in [6.07, 6.45) is 4.26. The van der Waals surface area contributed by atoms with Gasteiger partial charge in [0.15, 0.2) is 0 Å². The lowest BCUT2D eigenvalue weighted by atomic mass is 9.93. The van der Waals surface area contributed by atoms with E-state index < -0.39 is 5.97 Å². The quantitative estimate of drug-likeness (QED) is 0.894. The Hall–Kier alpha value is -1.55. The molecule has 1 saturated carbocycles. The van der Waals surface area contributed by atoms with Crippen LogP contribution < -0.4 is 0 Å². The molecule has 1 aliphatic carbocycles. The molecule has 114 valence electrons. The summed E-state index contributed by atoms with van der Waals surface area (Å²) in [5, 5.41) is 19.1. The Kier molecular flexibility index (Phi) is 3.89. The number of rotatable bonds is 4. The maximum Gasteiger partial charge on any atom is 0.321 e. The molecule has 1 aromatic carbocycles. The van der Waals surface area contributed by atoms with E-state index in [1.165, 1.54) is 6.42 Å². The van der Waals surface area contributed by atoms with Crippen LogP contribution in [0.2, 0.25) is 0 Å². The maximum atomic E-state index is 11.8. The minimum atomic E-state index is -0.679. The van der Waals surface area contributed by atoms with E-state index in [4.69, 9.17) is 0 Å². The van der Waals surface area contributed by atoms with E-state index in [2.05, 4.69) is 11.8 Å². The number of benzene rings is 1. The SMILES string of the molecule is CCC(c1ccc(O)cc1)N1CC2CCCC2C1C(=O)O. The molecule has 21 heavy (non-hydrogen) atoms. The number of phenolic OH excluding ortho intramolecular Hbond substituents is 1. The third-order valence-corrected chi connectivity index (χ3v) is 5.24. The molecule has 0 aromatic heterocycles. The van der Waals surface area contributed by atoms with Crippen LogP contribution in [0.4, 0.5) is 0 Å². The summed E-state index contributed by atoms with van der Waals surface area (Å²) >= 11 is 0. The fourth-order valence-corrected chi connectivity index (χ4v) is 4.34. The largest absolute Gasteiger partial charge is 0.508 e. The summed E-state index contributed by atoms with van der Waals surface area (Å²) in [5.41, 5.74) is 1.10. The first-order chi connectivity index (χ1) is 10.1. The highest BCUT2D eigenvalue weighted by Crippen LogP contribution is 2.46. The van der Waals surface area contributed by atoms with Gasteiger partial charge in [0.25, 0.3) is 0 Å². The second-order valence-corrected chi connectivity index (χ2v) is 6.35. The number of nitrogens with zero attached hydrogens (tertiary/aromatic N) is 1. The zero-order valence-corrected chi connectivity index (χ0v) is 12.4. The average molecular weight is 289 g/mol. The molecule has 4 nitrogen and oxygen atoms in total. The molecule has 1 aromatic rings. The number of carboxylic acids is 1. The molecule has 4 atom stereocenters. The first-order valence-electron chi connectivity index (χ1n) is 7.89. The molecule has 4 unspecified atom stereocenters. The van der Waals surface area contributed by atoms with Gasteiger partial charge in [-0.2, -0.15) is 0 Å². The minimum absolute atomic E-state index is 0.122. The van der Waals surface area contributed by atoms with E-state index in [1.54, 1.807) is 12.1 Å². The molecule has 2 fully saturated rings. The van der Waals surface area contributed by atoms with E-state index in [9.17, 15) is 15.0 Å². The predicted octanol–water partition coefficient (Wildman–Crippen LogP) is 3.03. The molecule has 0 radical (unpaired) electrons. The van der Waals surface area contributed by atoms with E-state index in [-0.39, 0.29) is 17.8 Å². The van der Waals surface area contributed by atoms with Crippen LogP contribution in [0, 0.1) is 11.8 Å². The average Bonchev–Trinajstić information content (AvgIpc) is 3.01. The van der Waals surface area contributed by atoms with Crippen molar-refractivity contribution in [3.63, 3.8) is 0 Å². The van der Waals surface area contributed by atoms with Crippen LogP contribution in [-0.4, -0.2) is 33.7 Å². The summed E-state index contributed by atoms with van der Waals surface area (Å²) in [5.74, 6) is 0.425. The van der Waals surface area contributed by atoms with Crippen LogP contribution in [-0.2, 0) is 4.79 Å². The number of aromatic hydroxyl groups is 1. The highest BCUT2D eigenvalue weighted by Gasteiger charge is 2.49. The first-order valence-corrected chi connectivity index (χ1v) is 7.89. The summed E-state index contributed by atoms with van der Waals surface area (Å²) in [6, 6.07) is 6.97. The van der Waals surface area contributed by atoms with Crippen molar-refractivity contribution in [2.45, 2.75) is 44.7 Å². The summed E-state index contributed by atoms with van der Waals surface area (Å²) in [6.45, 7) is 2.99. The molecular formula is C17H23NO3. The van der Waals surface area contributed by atoms with E-state index in [1.807, 2.05) is 12.1 Å². The molecule has 1 saturated heterocycles. The Morgan fingerprint density at radius 3 is 2.67 bits per heavy atom. The van der Waals surface area contributed by atoms with Gasteiger partial charge in [-0.3, -0.25) is 9.69 Å². The second kappa shape index (κ2) is 5.68. The van der Waals surface area contributed by atoms with Crippen molar-refractivity contribution in [2.24, 2.45) is 11.8 Å². The molecule has 0 amide bonds. The fourth-order valence-electron chi connectivity index (χ4n) is 4.34. The Labute approximate surface area is 125 Å². The molecule has 2 N–H and O–H groups in total. The highest BCUT2D eigenvalue weighted by molar-refractivity contribution is 5.74. The molecule has 0 bridgehead atoms. The van der Waals surface area contributed by atoms with Crippen molar-refractivity contribution in [2.75, 3.05) is 6.54 Å². The number of aliphatic carboxylic acids is 1. The van der Waals surface area contributed by atoms with Gasteiger partial charge in [0.05, 0.1) is 0 Å². The van der Waals surface area contributed by atoms with Crippen LogP contribution >= 0.6 is 0 Å². The standard InChI is InChI=1S/C17H23NO3/c1-2-15(11-6-8-13(19)9-7-11)18-10-12-4-3-5-14(12)16(18)17(20)21/h6-9,12,14-16,19H,2-5,10H2,1H3,(H,20,21). The molecule has 1 heterocycles. The van der Waals surface area contributed by atoms with Gasteiger partial charge in [-0.25, -0.2) is 0 Å². The number of likely N-dealkylation sites (tertiary alicyclic amines) is 1. The molecular weight excluding hydrogens is 266 g/mol. The lowest BCUT2D eigenvalue weighted by molar-refractivity contribution is -0.144. The smallest absolute Gasteiger partial charge is 0.321 e. The second-order valence-electron chi connectivity index (χ2n) is 6.35. The number of carboxylic acid groups (broad SMARTS) is 1. The normalized spacial score (nSPS) is 30.2. The van der Waals surface area contributed by atoms with Crippen molar-refractivity contribution in [1.29, 1.82) is 0 Å². The zero-order valence-electron chi connectivity index (χ0n) is 12.4. The van der Waals surface area contributed by atoms with E-state index in [0.717, 1.165) is 31.4 Å². The minimum Gasteiger partial charge on any atom is -0.508 e. The molecule has 2 aliphatic rings. The molecule has 4 heteroatoms. The van der Waals surface area contributed by atoms with E-state index in [0.29, 0.717) is 11.8 Å². The fraction of sp³-hybridized carbons (Fsp3) is 0.588. The Morgan fingerprint density at radius 2 is 2.05 bits per heavy atom. The third-order valence-electron chi connectivity index (χ3n) is 5.24. The van der Waals surface area contributed by atoms with E-state index >= 15 is 0 Å². The van der Waals surface area contributed by atoms with Crippen LogP contribution in [0.3, 0.4) is 0 Å². The lowest BCUT2D eigenvalue weighted by Gasteiger charge is -2.32. The third kappa shape index (κ3) is 2.53. The topological polar surface area (TPSA) is 60.8 Å². The van der Waals surface area contributed by atoms with Crippen LogP contribution in [0.25, 0.3) is 0 Å². The lowest BCUT2D eigenvalue weighted by Crippen LogP contribution is -2.41. The summed E-state index contributed by atoms with van der Waals surface area (Å²) < 4.78 is 0. The Balaban J connectivity index is 1.89. The number of carbonyl (C=O) groups is 1. The van der Waals surface area contributed by atoms with Gasteiger partial charge in [0, 0.05) is 12.6 Å². The van der Waals surface area contributed by atoms with Gasteiger partial charge in [0.1, 0.15) is 11.8 Å². The van der Waals surface area contributed by atoms with Gasteiger partial charge < -0.3 is 10.2 Å². The Morgan fingerprint density at radius 1 is 1.33 bits per heavy atom. The van der Waals surface area contributed by atoms with Crippen molar-refractivity contribution in [3.8, 4) is 5.75 Å². The summed E-state index contributed by atoms with van der Waals surface area (Å²) in [7, 11) is 0. The van der Waals surface area contributed by atoms with Crippen molar-refractivity contribution in [1.82, 2.24) is 4.90 Å². The molecule has 0 spiro atoms. The number of phenols is 1.